The topological polar surface area (TPSA) is 89.3 Å². The Bertz CT molecular complexity index is 744. The lowest BCUT2D eigenvalue weighted by atomic mass is 10.3. The minimum Gasteiger partial charge on any atom is -0.280 e. The lowest BCUT2D eigenvalue weighted by molar-refractivity contribution is -0.384. The minimum absolute atomic E-state index is 0.0957. The maximum atomic E-state index is 12.2. The van der Waals surface area contributed by atoms with Crippen molar-refractivity contribution < 1.29 is 13.3 Å². The van der Waals surface area contributed by atoms with E-state index in [0.717, 1.165) is 0 Å². The van der Waals surface area contributed by atoms with E-state index in [2.05, 4.69) is 20.7 Å². The number of hydrogen-bond donors (Lipinski definition) is 1. The van der Waals surface area contributed by atoms with Crippen LogP contribution in [0.2, 0.25) is 0 Å². The van der Waals surface area contributed by atoms with Crippen molar-refractivity contribution >= 4 is 37.3 Å². The molecule has 0 amide bonds. The lowest BCUT2D eigenvalue weighted by Gasteiger charge is -2.09. The molecule has 104 valence electrons. The molecule has 0 fully saturated rings. The van der Waals surface area contributed by atoms with E-state index < -0.39 is 14.9 Å². The van der Waals surface area contributed by atoms with E-state index in [0.29, 0.717) is 4.47 Å². The number of rotatable bonds is 4. The average Bonchev–Trinajstić information content (AvgIpc) is 2.39. The first-order valence-corrected chi connectivity index (χ1v) is 7.69. The fraction of sp³-hybridized carbons (Fsp3) is 0. The van der Waals surface area contributed by atoms with Crippen molar-refractivity contribution in [2.75, 3.05) is 4.72 Å². The van der Waals surface area contributed by atoms with E-state index in [1.54, 1.807) is 18.2 Å². The number of nitro benzene ring substituents is 1. The summed E-state index contributed by atoms with van der Waals surface area (Å²) in [5, 5.41) is 10.5. The molecule has 8 heteroatoms. The van der Waals surface area contributed by atoms with Crippen molar-refractivity contribution in [3.05, 3.63) is 63.1 Å². The Labute approximate surface area is 123 Å². The molecule has 0 saturated carbocycles. The van der Waals surface area contributed by atoms with Crippen LogP contribution in [0.3, 0.4) is 0 Å². The first kappa shape index (κ1) is 14.5. The molecular formula is C12H9BrN2O4S. The Morgan fingerprint density at radius 2 is 1.65 bits per heavy atom. The molecule has 0 aromatic heterocycles. The number of nitrogens with one attached hydrogen (secondary N) is 1. The lowest BCUT2D eigenvalue weighted by Crippen LogP contribution is -2.13. The van der Waals surface area contributed by atoms with Crippen LogP contribution in [-0.4, -0.2) is 13.3 Å². The zero-order valence-electron chi connectivity index (χ0n) is 9.99. The van der Waals surface area contributed by atoms with Crippen molar-refractivity contribution in [1.29, 1.82) is 0 Å². The van der Waals surface area contributed by atoms with E-state index >= 15 is 0 Å². The number of sulfonamides is 1. The SMILES string of the molecule is O=[N+]([O-])c1ccc(NS(=O)(=O)c2ccccc2Br)cc1. The van der Waals surface area contributed by atoms with Crippen molar-refractivity contribution in [2.45, 2.75) is 4.90 Å². The molecule has 0 bridgehead atoms. The quantitative estimate of drug-likeness (QED) is 0.672. The van der Waals surface area contributed by atoms with E-state index in [-0.39, 0.29) is 16.3 Å². The van der Waals surface area contributed by atoms with Crippen LogP contribution in [-0.2, 0) is 10.0 Å². The van der Waals surface area contributed by atoms with Crippen molar-refractivity contribution in [3.8, 4) is 0 Å². The van der Waals surface area contributed by atoms with Gasteiger partial charge in [0.25, 0.3) is 15.7 Å². The number of halogens is 1. The van der Waals surface area contributed by atoms with Crippen LogP contribution in [0.15, 0.2) is 57.9 Å². The van der Waals surface area contributed by atoms with Gasteiger partial charge in [-0.05, 0) is 40.2 Å². The smallest absolute Gasteiger partial charge is 0.269 e. The van der Waals surface area contributed by atoms with Crippen LogP contribution in [0.25, 0.3) is 0 Å². The summed E-state index contributed by atoms with van der Waals surface area (Å²) in [5.74, 6) is 0. The molecule has 20 heavy (non-hydrogen) atoms. The van der Waals surface area contributed by atoms with Crippen LogP contribution in [0.4, 0.5) is 11.4 Å². The van der Waals surface area contributed by atoms with Gasteiger partial charge in [-0.2, -0.15) is 0 Å². The summed E-state index contributed by atoms with van der Waals surface area (Å²) in [6.45, 7) is 0. The summed E-state index contributed by atoms with van der Waals surface area (Å²) in [7, 11) is -3.74. The van der Waals surface area contributed by atoms with Gasteiger partial charge in [0, 0.05) is 22.3 Å². The summed E-state index contributed by atoms with van der Waals surface area (Å²) >= 11 is 3.17. The Balaban J connectivity index is 2.29. The second kappa shape index (κ2) is 5.59. The average molecular weight is 357 g/mol. The Morgan fingerprint density at radius 1 is 1.05 bits per heavy atom. The highest BCUT2D eigenvalue weighted by atomic mass is 79.9. The second-order valence-electron chi connectivity index (χ2n) is 3.84. The van der Waals surface area contributed by atoms with E-state index in [9.17, 15) is 18.5 Å². The standard InChI is InChI=1S/C12H9BrN2O4S/c13-11-3-1-2-4-12(11)20(18,19)14-9-5-7-10(8-6-9)15(16)17/h1-8,14H. The molecule has 6 nitrogen and oxygen atoms in total. The first-order chi connectivity index (χ1) is 9.40. The summed E-state index contributed by atoms with van der Waals surface area (Å²) in [6.07, 6.45) is 0. The number of nitrogens with zero attached hydrogens (tertiary/aromatic N) is 1. The normalized spacial score (nSPS) is 11.1. The molecule has 2 aromatic carbocycles. The summed E-state index contributed by atoms with van der Waals surface area (Å²) in [6, 6.07) is 11.5. The summed E-state index contributed by atoms with van der Waals surface area (Å²) in [5.41, 5.74) is 0.153. The van der Waals surface area contributed by atoms with Gasteiger partial charge in [0.1, 0.15) is 4.90 Å². The van der Waals surface area contributed by atoms with Gasteiger partial charge in [-0.1, -0.05) is 12.1 Å². The zero-order chi connectivity index (χ0) is 14.8. The number of nitro groups is 1. The van der Waals surface area contributed by atoms with Gasteiger partial charge in [0.15, 0.2) is 0 Å². The maximum Gasteiger partial charge on any atom is 0.269 e. The van der Waals surface area contributed by atoms with Gasteiger partial charge in [-0.3, -0.25) is 14.8 Å². The minimum atomic E-state index is -3.74. The molecule has 0 spiro atoms. The fourth-order valence-electron chi connectivity index (χ4n) is 1.52. The summed E-state index contributed by atoms with van der Waals surface area (Å²) in [4.78, 5) is 10.1. The Hall–Kier alpha value is -1.93. The fourth-order valence-corrected chi connectivity index (χ4v) is 3.59. The molecule has 0 heterocycles. The van der Waals surface area contributed by atoms with Gasteiger partial charge in [-0.15, -0.1) is 0 Å². The van der Waals surface area contributed by atoms with E-state index in [1.807, 2.05) is 0 Å². The molecule has 0 aliphatic carbocycles. The van der Waals surface area contributed by atoms with Gasteiger partial charge in [0.05, 0.1) is 4.92 Å². The molecular weight excluding hydrogens is 348 g/mol. The molecule has 1 N–H and O–H groups in total. The van der Waals surface area contributed by atoms with Gasteiger partial charge in [0.2, 0.25) is 0 Å². The van der Waals surface area contributed by atoms with Crippen molar-refractivity contribution in [3.63, 3.8) is 0 Å². The van der Waals surface area contributed by atoms with Gasteiger partial charge in [-0.25, -0.2) is 8.42 Å². The highest BCUT2D eigenvalue weighted by molar-refractivity contribution is 9.10. The molecule has 0 radical (unpaired) electrons. The van der Waals surface area contributed by atoms with Gasteiger partial charge >= 0.3 is 0 Å². The zero-order valence-corrected chi connectivity index (χ0v) is 12.4. The number of hydrogen-bond acceptors (Lipinski definition) is 4. The molecule has 2 aromatic rings. The van der Waals surface area contributed by atoms with E-state index in [1.165, 1.54) is 30.3 Å². The van der Waals surface area contributed by atoms with Crippen LogP contribution in [0.5, 0.6) is 0 Å². The predicted octanol–water partition coefficient (Wildman–Crippen LogP) is 3.16. The molecule has 0 atom stereocenters. The van der Waals surface area contributed by atoms with Crippen LogP contribution in [0.1, 0.15) is 0 Å². The maximum absolute atomic E-state index is 12.2. The van der Waals surface area contributed by atoms with Crippen LogP contribution >= 0.6 is 15.9 Å². The number of anilines is 1. The van der Waals surface area contributed by atoms with E-state index in [4.69, 9.17) is 0 Å². The molecule has 0 unspecified atom stereocenters. The third-order valence-corrected chi connectivity index (χ3v) is 4.85. The predicted molar refractivity (Wildman–Crippen MR) is 78.0 cm³/mol. The van der Waals surface area contributed by atoms with Crippen molar-refractivity contribution in [1.82, 2.24) is 0 Å². The monoisotopic (exact) mass is 356 g/mol. The summed E-state index contributed by atoms with van der Waals surface area (Å²) < 4.78 is 27.1. The van der Waals surface area contributed by atoms with Crippen molar-refractivity contribution in [2.24, 2.45) is 0 Å². The molecule has 2 rings (SSSR count). The molecule has 0 aliphatic rings. The van der Waals surface area contributed by atoms with Gasteiger partial charge < -0.3 is 0 Å². The molecule has 0 saturated heterocycles. The second-order valence-corrected chi connectivity index (χ2v) is 6.35. The third kappa shape index (κ3) is 3.14. The van der Waals surface area contributed by atoms with Crippen LogP contribution < -0.4 is 4.72 Å². The Kier molecular flexibility index (Phi) is 4.05. The highest BCUT2D eigenvalue weighted by Gasteiger charge is 2.17. The third-order valence-electron chi connectivity index (χ3n) is 2.46. The largest absolute Gasteiger partial charge is 0.280 e. The first-order valence-electron chi connectivity index (χ1n) is 5.42. The van der Waals surface area contributed by atoms with Crippen LogP contribution in [0, 0.1) is 10.1 Å². The number of non-ortho nitro benzene ring substituents is 1. The Morgan fingerprint density at radius 3 is 2.20 bits per heavy atom. The molecule has 0 aliphatic heterocycles. The number of benzene rings is 2. The highest BCUT2D eigenvalue weighted by Crippen LogP contribution is 2.24.